The van der Waals surface area contributed by atoms with Crippen LogP contribution in [0.5, 0.6) is 0 Å². The second kappa shape index (κ2) is 9.21. The quantitative estimate of drug-likeness (QED) is 0.701. The van der Waals surface area contributed by atoms with Crippen molar-refractivity contribution in [1.29, 1.82) is 0 Å². The minimum atomic E-state index is -0.536. The number of aliphatic imine (C=N–C) groups is 1. The summed E-state index contributed by atoms with van der Waals surface area (Å²) >= 11 is 0. The number of rotatable bonds is 7. The summed E-state index contributed by atoms with van der Waals surface area (Å²) < 4.78 is 11.9. The number of benzene rings is 1. The first-order valence-electron chi connectivity index (χ1n) is 10.1. The lowest BCUT2D eigenvalue weighted by Gasteiger charge is -2.30. The number of aryl methyl sites for hydroxylation is 1. The third-order valence-electron chi connectivity index (χ3n) is 5.25. The predicted octanol–water partition coefficient (Wildman–Crippen LogP) is 3.33. The number of aromatic nitrogens is 2. The van der Waals surface area contributed by atoms with E-state index in [9.17, 15) is 9.59 Å². The van der Waals surface area contributed by atoms with E-state index in [1.165, 1.54) is 4.57 Å². The Morgan fingerprint density at radius 3 is 2.57 bits per heavy atom. The van der Waals surface area contributed by atoms with Crippen molar-refractivity contribution in [2.75, 3.05) is 25.6 Å². The molecule has 1 aliphatic rings. The summed E-state index contributed by atoms with van der Waals surface area (Å²) in [5.74, 6) is -0.219. The second-order valence-electron chi connectivity index (χ2n) is 7.39. The number of carbonyl (C=O) groups is 1. The summed E-state index contributed by atoms with van der Waals surface area (Å²) in [4.78, 5) is 34.4. The first kappa shape index (κ1) is 21.7. The van der Waals surface area contributed by atoms with E-state index in [0.717, 1.165) is 16.8 Å². The van der Waals surface area contributed by atoms with Gasteiger partial charge in [0.25, 0.3) is 0 Å². The van der Waals surface area contributed by atoms with Gasteiger partial charge in [0.05, 0.1) is 19.8 Å². The van der Waals surface area contributed by atoms with Crippen molar-refractivity contribution < 1.29 is 14.3 Å². The van der Waals surface area contributed by atoms with Crippen molar-refractivity contribution in [1.82, 2.24) is 9.55 Å². The van der Waals surface area contributed by atoms with Gasteiger partial charge in [-0.15, -0.1) is 0 Å². The molecule has 8 nitrogen and oxygen atoms in total. The van der Waals surface area contributed by atoms with E-state index in [0.29, 0.717) is 37.1 Å². The van der Waals surface area contributed by atoms with Gasteiger partial charge in [-0.2, -0.15) is 4.98 Å². The van der Waals surface area contributed by atoms with Gasteiger partial charge in [-0.05, 0) is 32.9 Å². The summed E-state index contributed by atoms with van der Waals surface area (Å²) in [5.41, 5.74) is 2.84. The zero-order valence-corrected chi connectivity index (χ0v) is 18.1. The number of hydrogen-bond donors (Lipinski definition) is 1. The van der Waals surface area contributed by atoms with Crippen LogP contribution in [0.1, 0.15) is 37.8 Å². The minimum Gasteiger partial charge on any atom is -0.465 e. The molecule has 0 saturated heterocycles. The minimum absolute atomic E-state index is 0.272. The number of anilines is 2. The molecule has 0 spiro atoms. The van der Waals surface area contributed by atoms with Crippen molar-refractivity contribution in [3.63, 3.8) is 0 Å². The van der Waals surface area contributed by atoms with E-state index in [1.54, 1.807) is 21.0 Å². The molecule has 0 aliphatic carbocycles. The number of fused-ring (bicyclic) bond motifs is 1. The molecule has 0 fully saturated rings. The van der Waals surface area contributed by atoms with Crippen LogP contribution in [-0.4, -0.2) is 41.6 Å². The molecule has 2 heterocycles. The van der Waals surface area contributed by atoms with Gasteiger partial charge < -0.3 is 14.8 Å². The molecule has 0 amide bonds. The Morgan fingerprint density at radius 2 is 1.93 bits per heavy atom. The monoisotopic (exact) mass is 412 g/mol. The van der Waals surface area contributed by atoms with Crippen molar-refractivity contribution in [3.8, 4) is 0 Å². The molecule has 1 N–H and O–H groups in total. The fourth-order valence-electron chi connectivity index (χ4n) is 3.72. The fraction of sp³-hybridized carbons (Fsp3) is 0.455. The van der Waals surface area contributed by atoms with Gasteiger partial charge in [0.1, 0.15) is 17.6 Å². The Balaban J connectivity index is 2.15. The maximum absolute atomic E-state index is 12.8. The SMILES string of the molecule is CCOC(=O)C1C(C)=Nc2c(c(Nc3ccc(C)cc3)nc(=O)n2CCOC)C1C. The zero-order valence-electron chi connectivity index (χ0n) is 18.1. The molecular formula is C22H28N4O4. The molecule has 1 aliphatic heterocycles. The Labute approximate surface area is 176 Å². The molecule has 2 atom stereocenters. The van der Waals surface area contributed by atoms with E-state index in [4.69, 9.17) is 9.47 Å². The Bertz CT molecular complexity index is 1010. The lowest BCUT2D eigenvalue weighted by atomic mass is 9.82. The smallest absolute Gasteiger partial charge is 0.351 e. The van der Waals surface area contributed by atoms with Crippen LogP contribution in [0.4, 0.5) is 17.3 Å². The molecule has 1 aromatic carbocycles. The fourth-order valence-corrected chi connectivity index (χ4v) is 3.72. The van der Waals surface area contributed by atoms with Crippen LogP contribution in [0.3, 0.4) is 0 Å². The summed E-state index contributed by atoms with van der Waals surface area (Å²) in [5, 5.41) is 3.24. The van der Waals surface area contributed by atoms with E-state index >= 15 is 0 Å². The number of methoxy groups -OCH3 is 1. The molecule has 2 aromatic rings. The first-order chi connectivity index (χ1) is 14.4. The van der Waals surface area contributed by atoms with E-state index in [1.807, 2.05) is 38.1 Å². The summed E-state index contributed by atoms with van der Waals surface area (Å²) in [6, 6.07) is 7.79. The Kier molecular flexibility index (Phi) is 6.66. The van der Waals surface area contributed by atoms with E-state index in [2.05, 4.69) is 15.3 Å². The lowest BCUT2D eigenvalue weighted by molar-refractivity contribution is -0.146. The van der Waals surface area contributed by atoms with Crippen LogP contribution in [0, 0.1) is 12.8 Å². The number of esters is 1. The highest BCUT2D eigenvalue weighted by Crippen LogP contribution is 2.41. The highest BCUT2D eigenvalue weighted by Gasteiger charge is 2.38. The van der Waals surface area contributed by atoms with E-state index < -0.39 is 11.6 Å². The van der Waals surface area contributed by atoms with Crippen LogP contribution in [0.15, 0.2) is 34.1 Å². The van der Waals surface area contributed by atoms with Gasteiger partial charge in [-0.1, -0.05) is 24.6 Å². The number of carbonyl (C=O) groups excluding carboxylic acids is 1. The first-order valence-corrected chi connectivity index (χ1v) is 10.1. The highest BCUT2D eigenvalue weighted by atomic mass is 16.5. The highest BCUT2D eigenvalue weighted by molar-refractivity contribution is 6.04. The topological polar surface area (TPSA) is 94.8 Å². The van der Waals surface area contributed by atoms with Crippen LogP contribution < -0.4 is 11.0 Å². The molecule has 0 radical (unpaired) electrons. The molecular weight excluding hydrogens is 384 g/mol. The van der Waals surface area contributed by atoms with Gasteiger partial charge in [0, 0.05) is 30.0 Å². The molecule has 3 rings (SSSR count). The lowest BCUT2D eigenvalue weighted by Crippen LogP contribution is -2.35. The molecule has 30 heavy (non-hydrogen) atoms. The maximum Gasteiger partial charge on any atom is 0.351 e. The largest absolute Gasteiger partial charge is 0.465 e. The second-order valence-corrected chi connectivity index (χ2v) is 7.39. The van der Waals surface area contributed by atoms with Crippen molar-refractivity contribution in [2.45, 2.75) is 40.2 Å². The van der Waals surface area contributed by atoms with Crippen molar-refractivity contribution in [3.05, 3.63) is 45.9 Å². The number of hydrogen-bond acceptors (Lipinski definition) is 7. The molecule has 1 aromatic heterocycles. The van der Waals surface area contributed by atoms with Crippen LogP contribution in [0.25, 0.3) is 0 Å². The normalized spacial score (nSPS) is 17.8. The van der Waals surface area contributed by atoms with Gasteiger partial charge in [-0.3, -0.25) is 9.36 Å². The zero-order chi connectivity index (χ0) is 21.8. The third-order valence-corrected chi connectivity index (χ3v) is 5.25. The van der Waals surface area contributed by atoms with E-state index in [-0.39, 0.29) is 11.9 Å². The number of nitrogens with zero attached hydrogens (tertiary/aromatic N) is 3. The van der Waals surface area contributed by atoms with Crippen molar-refractivity contribution in [2.24, 2.45) is 10.9 Å². The van der Waals surface area contributed by atoms with Gasteiger partial charge in [-0.25, -0.2) is 9.79 Å². The number of ether oxygens (including phenoxy) is 2. The number of nitrogens with one attached hydrogen (secondary N) is 1. The average molecular weight is 412 g/mol. The van der Waals surface area contributed by atoms with Crippen LogP contribution >= 0.6 is 0 Å². The molecule has 0 saturated carbocycles. The predicted molar refractivity (Wildman–Crippen MR) is 116 cm³/mol. The van der Waals surface area contributed by atoms with Crippen LogP contribution in [0.2, 0.25) is 0 Å². The molecule has 2 unspecified atom stereocenters. The molecule has 160 valence electrons. The van der Waals surface area contributed by atoms with Gasteiger partial charge in [0.2, 0.25) is 0 Å². The Morgan fingerprint density at radius 1 is 1.23 bits per heavy atom. The third kappa shape index (κ3) is 4.28. The molecule has 0 bridgehead atoms. The summed E-state index contributed by atoms with van der Waals surface area (Å²) in [7, 11) is 1.58. The summed E-state index contributed by atoms with van der Waals surface area (Å²) in [6.07, 6.45) is 0. The standard InChI is InChI=1S/C22H28N4O4/c1-6-30-21(27)17-14(3)18-19(24-16-9-7-13(2)8-10-16)25-22(28)26(11-12-29-5)20(18)23-15(17)4/h7-10,14,17H,6,11-12H2,1-5H3,(H,24,25,28). The van der Waals surface area contributed by atoms with Crippen molar-refractivity contribution >= 4 is 29.0 Å². The van der Waals surface area contributed by atoms with Gasteiger partial charge >= 0.3 is 11.7 Å². The maximum atomic E-state index is 12.8. The van der Waals surface area contributed by atoms with Gasteiger partial charge in [0.15, 0.2) is 0 Å². The average Bonchev–Trinajstić information content (AvgIpc) is 2.69. The summed E-state index contributed by atoms with van der Waals surface area (Å²) in [6.45, 7) is 8.48. The van der Waals surface area contributed by atoms with Crippen LogP contribution in [-0.2, 0) is 20.8 Å². The Hall–Kier alpha value is -3.00. The molecule has 8 heteroatoms.